The third-order valence-electron chi connectivity index (χ3n) is 2.77. The van der Waals surface area contributed by atoms with Gasteiger partial charge in [0.1, 0.15) is 0 Å². The van der Waals surface area contributed by atoms with Crippen LogP contribution < -0.4 is 0 Å². The molecule has 0 saturated heterocycles. The molecule has 0 atom stereocenters. The molecule has 1 aromatic carbocycles. The first kappa shape index (κ1) is 11.0. The molecule has 6 nitrogen and oxygen atoms in total. The Morgan fingerprint density at radius 2 is 2.06 bits per heavy atom. The maximum atomic E-state index is 12.0. The van der Waals surface area contributed by atoms with Crippen LogP contribution in [0.1, 0.15) is 16.2 Å². The van der Waals surface area contributed by atoms with E-state index in [1.165, 1.54) is 16.8 Å². The number of hydrogen-bond donors (Lipinski definition) is 1. The molecule has 1 N–H and O–H groups in total. The van der Waals surface area contributed by atoms with Crippen LogP contribution in [-0.4, -0.2) is 29.3 Å². The zero-order valence-electron chi connectivity index (χ0n) is 9.07. The fraction of sp³-hybridized carbons (Fsp3) is 0.0909. The van der Waals surface area contributed by atoms with Crippen LogP contribution in [0.3, 0.4) is 0 Å². The van der Waals surface area contributed by atoms with Gasteiger partial charge in [-0.2, -0.15) is 5.10 Å². The van der Waals surface area contributed by atoms with Crippen molar-refractivity contribution >= 4 is 15.8 Å². The number of para-hydroxylation sites is 1. The largest absolute Gasteiger partial charge is 0.476 e. The summed E-state index contributed by atoms with van der Waals surface area (Å²) in [7, 11) is -3.42. The summed E-state index contributed by atoms with van der Waals surface area (Å²) in [6.45, 7) is 0. The average molecular weight is 264 g/mol. The standard InChI is InChI=1S/C11H8N2O4S/c14-11(15)8-5-7-6-18(16,17)10-4-2-1-3-9(10)13(7)12-8/h1-5H,6H2,(H,14,15). The average Bonchev–Trinajstić information content (AvgIpc) is 2.72. The number of benzene rings is 1. The molecule has 0 aliphatic carbocycles. The highest BCUT2D eigenvalue weighted by Crippen LogP contribution is 2.30. The van der Waals surface area contributed by atoms with Crippen LogP contribution >= 0.6 is 0 Å². The second kappa shape index (κ2) is 3.42. The number of aromatic nitrogens is 2. The van der Waals surface area contributed by atoms with Gasteiger partial charge in [-0.05, 0) is 18.2 Å². The van der Waals surface area contributed by atoms with E-state index >= 15 is 0 Å². The molecule has 1 aliphatic heterocycles. The Morgan fingerprint density at radius 1 is 1.33 bits per heavy atom. The molecule has 92 valence electrons. The molecule has 1 aromatic heterocycles. The minimum Gasteiger partial charge on any atom is -0.476 e. The SMILES string of the molecule is O=C(O)c1cc2n(n1)-c1ccccc1S(=O)(=O)C2. The highest BCUT2D eigenvalue weighted by atomic mass is 32.2. The number of carboxylic acids is 1. The van der Waals surface area contributed by atoms with E-state index in [1.807, 2.05) is 0 Å². The van der Waals surface area contributed by atoms with Crippen molar-refractivity contribution in [3.05, 3.63) is 41.7 Å². The highest BCUT2D eigenvalue weighted by Gasteiger charge is 2.30. The highest BCUT2D eigenvalue weighted by molar-refractivity contribution is 7.90. The Bertz CT molecular complexity index is 761. The number of carboxylic acid groups (broad SMARTS) is 1. The van der Waals surface area contributed by atoms with Crippen LogP contribution in [0.25, 0.3) is 5.69 Å². The first-order valence-electron chi connectivity index (χ1n) is 5.13. The van der Waals surface area contributed by atoms with Gasteiger partial charge in [-0.1, -0.05) is 12.1 Å². The van der Waals surface area contributed by atoms with Crippen molar-refractivity contribution in [2.75, 3.05) is 0 Å². The molecule has 2 aromatic rings. The third kappa shape index (κ3) is 1.44. The van der Waals surface area contributed by atoms with Crippen molar-refractivity contribution in [1.29, 1.82) is 0 Å². The fourth-order valence-electron chi connectivity index (χ4n) is 2.00. The van der Waals surface area contributed by atoms with Crippen LogP contribution in [0.5, 0.6) is 0 Å². The molecule has 1 aliphatic rings. The summed E-state index contributed by atoms with van der Waals surface area (Å²) in [6, 6.07) is 7.70. The Kier molecular flexibility index (Phi) is 2.09. The molecule has 18 heavy (non-hydrogen) atoms. The molecule has 0 fully saturated rings. The van der Waals surface area contributed by atoms with Gasteiger partial charge in [0.25, 0.3) is 0 Å². The number of nitrogens with zero attached hydrogens (tertiary/aromatic N) is 2. The Labute approximate surface area is 102 Å². The molecule has 0 radical (unpaired) electrons. The van der Waals surface area contributed by atoms with E-state index in [9.17, 15) is 13.2 Å². The van der Waals surface area contributed by atoms with Gasteiger partial charge in [-0.3, -0.25) is 0 Å². The number of carbonyl (C=O) groups is 1. The summed E-state index contributed by atoms with van der Waals surface area (Å²) in [5.74, 6) is -1.41. The lowest BCUT2D eigenvalue weighted by atomic mass is 10.3. The molecule has 0 bridgehead atoms. The van der Waals surface area contributed by atoms with E-state index in [0.29, 0.717) is 11.4 Å². The van der Waals surface area contributed by atoms with Crippen molar-refractivity contribution in [1.82, 2.24) is 9.78 Å². The predicted octanol–water partition coefficient (Wildman–Crippen LogP) is 0.858. The predicted molar refractivity (Wildman–Crippen MR) is 61.4 cm³/mol. The van der Waals surface area contributed by atoms with Crippen LogP contribution in [-0.2, 0) is 15.6 Å². The van der Waals surface area contributed by atoms with Crippen molar-refractivity contribution in [2.24, 2.45) is 0 Å². The molecule has 2 heterocycles. The van der Waals surface area contributed by atoms with Gasteiger partial charge in [-0.25, -0.2) is 17.9 Å². The van der Waals surface area contributed by atoms with Crippen molar-refractivity contribution in [2.45, 2.75) is 10.6 Å². The first-order valence-corrected chi connectivity index (χ1v) is 6.79. The van der Waals surface area contributed by atoms with E-state index in [2.05, 4.69) is 5.10 Å². The zero-order valence-corrected chi connectivity index (χ0v) is 9.88. The monoisotopic (exact) mass is 264 g/mol. The lowest BCUT2D eigenvalue weighted by Crippen LogP contribution is -2.18. The van der Waals surface area contributed by atoms with E-state index in [4.69, 9.17) is 5.11 Å². The number of fused-ring (bicyclic) bond motifs is 3. The Hall–Kier alpha value is -2.15. The van der Waals surface area contributed by atoms with E-state index in [-0.39, 0.29) is 16.3 Å². The molecule has 0 spiro atoms. The fourth-order valence-corrected chi connectivity index (χ4v) is 3.51. The molecule has 0 saturated carbocycles. The van der Waals surface area contributed by atoms with Gasteiger partial charge in [0, 0.05) is 0 Å². The van der Waals surface area contributed by atoms with Gasteiger partial charge in [-0.15, -0.1) is 0 Å². The van der Waals surface area contributed by atoms with Gasteiger partial charge >= 0.3 is 5.97 Å². The van der Waals surface area contributed by atoms with Gasteiger partial charge in [0.15, 0.2) is 15.5 Å². The van der Waals surface area contributed by atoms with Crippen LogP contribution in [0.15, 0.2) is 35.2 Å². The molecular weight excluding hydrogens is 256 g/mol. The van der Waals surface area contributed by atoms with Crippen molar-refractivity contribution in [3.63, 3.8) is 0 Å². The van der Waals surface area contributed by atoms with Crippen LogP contribution in [0.2, 0.25) is 0 Å². The Morgan fingerprint density at radius 3 is 2.78 bits per heavy atom. The number of sulfone groups is 1. The zero-order chi connectivity index (χ0) is 12.9. The molecule has 0 unspecified atom stereocenters. The maximum Gasteiger partial charge on any atom is 0.356 e. The molecule has 0 amide bonds. The molecular formula is C11H8N2O4S. The van der Waals surface area contributed by atoms with E-state index in [1.54, 1.807) is 18.2 Å². The quantitative estimate of drug-likeness (QED) is 0.825. The summed E-state index contributed by atoms with van der Waals surface area (Å²) < 4.78 is 25.4. The lowest BCUT2D eigenvalue weighted by molar-refractivity contribution is 0.0690. The number of aromatic carboxylic acids is 1. The van der Waals surface area contributed by atoms with Crippen molar-refractivity contribution < 1.29 is 18.3 Å². The maximum absolute atomic E-state index is 12.0. The Balaban J connectivity index is 2.33. The second-order valence-corrected chi connectivity index (χ2v) is 5.92. The van der Waals surface area contributed by atoms with E-state index < -0.39 is 15.8 Å². The second-order valence-electron chi connectivity index (χ2n) is 3.96. The summed E-state index contributed by atoms with van der Waals surface area (Å²) in [5, 5.41) is 12.8. The topological polar surface area (TPSA) is 89.3 Å². The normalized spacial score (nSPS) is 15.8. The number of rotatable bonds is 1. The first-order chi connectivity index (χ1) is 8.49. The van der Waals surface area contributed by atoms with Gasteiger partial charge < -0.3 is 5.11 Å². The smallest absolute Gasteiger partial charge is 0.356 e. The van der Waals surface area contributed by atoms with Gasteiger partial charge in [0.05, 0.1) is 22.0 Å². The van der Waals surface area contributed by atoms with Gasteiger partial charge in [0.2, 0.25) is 0 Å². The molecule has 7 heteroatoms. The minimum absolute atomic E-state index is 0.156. The summed E-state index contributed by atoms with van der Waals surface area (Å²) >= 11 is 0. The molecule has 3 rings (SSSR count). The lowest BCUT2D eigenvalue weighted by Gasteiger charge is -2.17. The van der Waals surface area contributed by atoms with Crippen LogP contribution in [0.4, 0.5) is 0 Å². The third-order valence-corrected chi connectivity index (χ3v) is 4.46. The summed E-state index contributed by atoms with van der Waals surface area (Å²) in [4.78, 5) is 11.0. The minimum atomic E-state index is -3.42. The summed E-state index contributed by atoms with van der Waals surface area (Å²) in [5.41, 5.74) is 0.606. The summed E-state index contributed by atoms with van der Waals surface area (Å²) in [6.07, 6.45) is 0. The number of hydrogen-bond acceptors (Lipinski definition) is 4. The van der Waals surface area contributed by atoms with Crippen molar-refractivity contribution in [3.8, 4) is 5.69 Å². The van der Waals surface area contributed by atoms with Crippen LogP contribution in [0, 0.1) is 0 Å². The van der Waals surface area contributed by atoms with E-state index in [0.717, 1.165) is 0 Å².